The Labute approximate surface area is 234 Å². The Morgan fingerprint density at radius 2 is 1.37 bits per heavy atom. The van der Waals surface area contributed by atoms with E-state index in [1.54, 1.807) is 15.6 Å². The molecule has 0 bridgehead atoms. The van der Waals surface area contributed by atoms with Gasteiger partial charge in [0.1, 0.15) is 0 Å². The quantitative estimate of drug-likeness (QED) is 0.295. The molecule has 0 amide bonds. The molecule has 0 unspecified atom stereocenters. The fourth-order valence-electron chi connectivity index (χ4n) is 5.34. The molecule has 1 aliphatic rings. The highest BCUT2D eigenvalue weighted by atomic mass is 32.2. The molecule has 2 heterocycles. The van der Waals surface area contributed by atoms with Crippen LogP contribution in [-0.4, -0.2) is 43.9 Å². The van der Waals surface area contributed by atoms with Crippen molar-refractivity contribution in [1.29, 1.82) is 0 Å². The molecular formula is C31H43N3O2S2. The third-order valence-electron chi connectivity index (χ3n) is 7.39. The molecule has 38 heavy (non-hydrogen) atoms. The van der Waals surface area contributed by atoms with Crippen molar-refractivity contribution >= 4 is 26.5 Å². The Balaban J connectivity index is 1.53. The zero-order valence-electron chi connectivity index (χ0n) is 24.2. The van der Waals surface area contributed by atoms with Crippen LogP contribution in [-0.2, 0) is 16.4 Å². The van der Waals surface area contributed by atoms with Crippen molar-refractivity contribution in [2.24, 2.45) is 0 Å². The van der Waals surface area contributed by atoms with Gasteiger partial charge in [0, 0.05) is 38.0 Å². The summed E-state index contributed by atoms with van der Waals surface area (Å²) in [6, 6.07) is 10.9. The van der Waals surface area contributed by atoms with Crippen LogP contribution in [0.4, 0.5) is 5.13 Å². The zero-order valence-corrected chi connectivity index (χ0v) is 25.8. The summed E-state index contributed by atoms with van der Waals surface area (Å²) in [4.78, 5) is 7.68. The smallest absolute Gasteiger partial charge is 0.243 e. The summed E-state index contributed by atoms with van der Waals surface area (Å²) in [6.45, 7) is 19.2. The van der Waals surface area contributed by atoms with Gasteiger partial charge in [-0.05, 0) is 53.9 Å². The average Bonchev–Trinajstić information content (AvgIpc) is 3.30. The van der Waals surface area contributed by atoms with Crippen LogP contribution in [0.5, 0.6) is 0 Å². The number of nitrogens with zero attached hydrogens (tertiary/aromatic N) is 3. The summed E-state index contributed by atoms with van der Waals surface area (Å²) in [5, 5.41) is 3.12. The van der Waals surface area contributed by atoms with E-state index in [2.05, 4.69) is 96.0 Å². The fraction of sp³-hybridized carbons (Fsp3) is 0.516. The molecule has 0 spiro atoms. The summed E-state index contributed by atoms with van der Waals surface area (Å²) in [7, 11) is -3.62. The van der Waals surface area contributed by atoms with Crippen LogP contribution in [0.25, 0.3) is 0 Å². The summed E-state index contributed by atoms with van der Waals surface area (Å²) in [6.07, 6.45) is 0.815. The highest BCUT2D eigenvalue weighted by Crippen LogP contribution is 2.37. The number of hydrogen-bond acceptors (Lipinski definition) is 5. The van der Waals surface area contributed by atoms with E-state index in [1.807, 2.05) is 0 Å². The number of piperazine rings is 1. The third kappa shape index (κ3) is 6.16. The lowest BCUT2D eigenvalue weighted by atomic mass is 9.89. The van der Waals surface area contributed by atoms with Crippen molar-refractivity contribution < 1.29 is 8.42 Å². The van der Waals surface area contributed by atoms with Crippen LogP contribution in [0.3, 0.4) is 0 Å². The number of hydrogen-bond donors (Lipinski definition) is 0. The lowest BCUT2D eigenvalue weighted by Gasteiger charge is -2.35. The maximum Gasteiger partial charge on any atom is 0.243 e. The van der Waals surface area contributed by atoms with Gasteiger partial charge >= 0.3 is 0 Å². The van der Waals surface area contributed by atoms with Gasteiger partial charge < -0.3 is 4.90 Å². The van der Waals surface area contributed by atoms with Crippen molar-refractivity contribution in [2.45, 2.75) is 84.5 Å². The zero-order chi connectivity index (χ0) is 27.8. The predicted molar refractivity (Wildman–Crippen MR) is 161 cm³/mol. The first-order valence-corrected chi connectivity index (χ1v) is 16.1. The summed E-state index contributed by atoms with van der Waals surface area (Å²) >= 11 is 1.65. The molecule has 1 aromatic heterocycles. The van der Waals surface area contributed by atoms with Gasteiger partial charge in [0.25, 0.3) is 0 Å². The third-order valence-corrected chi connectivity index (χ3v) is 10.4. The molecule has 0 aliphatic carbocycles. The molecule has 1 saturated heterocycles. The Hall–Kier alpha value is -2.22. The Morgan fingerprint density at radius 1 is 0.816 bits per heavy atom. The van der Waals surface area contributed by atoms with Crippen LogP contribution in [0.15, 0.2) is 40.6 Å². The first-order valence-electron chi connectivity index (χ1n) is 13.8. The lowest BCUT2D eigenvalue weighted by Crippen LogP contribution is -2.49. The van der Waals surface area contributed by atoms with Crippen LogP contribution < -0.4 is 4.90 Å². The molecule has 206 valence electrons. The molecular weight excluding hydrogens is 510 g/mol. The van der Waals surface area contributed by atoms with E-state index in [4.69, 9.17) is 4.98 Å². The molecule has 0 N–H and O–H groups in total. The lowest BCUT2D eigenvalue weighted by molar-refractivity contribution is 0.383. The Bertz CT molecular complexity index is 1330. The van der Waals surface area contributed by atoms with Crippen molar-refractivity contribution in [1.82, 2.24) is 9.29 Å². The molecule has 0 atom stereocenters. The second kappa shape index (κ2) is 11.5. The van der Waals surface area contributed by atoms with Gasteiger partial charge in [0.05, 0.1) is 10.6 Å². The van der Waals surface area contributed by atoms with Crippen LogP contribution in [0, 0.1) is 13.8 Å². The SMILES string of the molecule is Cc1cc(C)cc(Cc2csc(N3CCN(S(=O)(=O)c4c(C(C)C)cc(C(C)C)cc4C(C)C)CC3)n2)c1. The topological polar surface area (TPSA) is 53.5 Å². The van der Waals surface area contributed by atoms with Gasteiger partial charge in [0.2, 0.25) is 10.0 Å². The molecule has 5 nitrogen and oxygen atoms in total. The monoisotopic (exact) mass is 553 g/mol. The first kappa shape index (κ1) is 28.8. The molecule has 4 rings (SSSR count). The number of benzene rings is 2. The van der Waals surface area contributed by atoms with E-state index in [1.165, 1.54) is 22.3 Å². The second-order valence-corrected chi connectivity index (χ2v) is 14.4. The standard InChI is InChI=1S/C31H43N3O2S2/c1-20(2)26-17-28(21(3)4)30(29(18-26)22(5)6)38(35,36)34-11-9-33(10-12-34)31-32-27(19-37-31)16-25-14-23(7)13-24(8)15-25/h13-15,17-22H,9-12,16H2,1-8H3. The Kier molecular flexibility index (Phi) is 8.70. The van der Waals surface area contributed by atoms with Crippen molar-refractivity contribution in [3.8, 4) is 0 Å². The minimum atomic E-state index is -3.62. The highest BCUT2D eigenvalue weighted by molar-refractivity contribution is 7.89. The Morgan fingerprint density at radius 3 is 1.87 bits per heavy atom. The number of thiazole rings is 1. The predicted octanol–water partition coefficient (Wildman–Crippen LogP) is 7.23. The molecule has 1 fully saturated rings. The van der Waals surface area contributed by atoms with Gasteiger partial charge in [0.15, 0.2) is 5.13 Å². The summed E-state index contributed by atoms with van der Waals surface area (Å²) in [5.74, 6) is 0.606. The van der Waals surface area contributed by atoms with E-state index < -0.39 is 10.0 Å². The molecule has 2 aromatic carbocycles. The van der Waals surface area contributed by atoms with Crippen molar-refractivity contribution in [3.63, 3.8) is 0 Å². The fourth-order valence-corrected chi connectivity index (χ4v) is 8.31. The summed E-state index contributed by atoms with van der Waals surface area (Å²) < 4.78 is 29.9. The van der Waals surface area contributed by atoms with Crippen LogP contribution in [0.1, 0.15) is 98.4 Å². The van der Waals surface area contributed by atoms with Gasteiger partial charge in [-0.1, -0.05) is 83.0 Å². The van der Waals surface area contributed by atoms with E-state index in [0.29, 0.717) is 37.0 Å². The van der Waals surface area contributed by atoms with Crippen LogP contribution in [0.2, 0.25) is 0 Å². The molecule has 0 radical (unpaired) electrons. The van der Waals surface area contributed by atoms with Crippen molar-refractivity contribution in [3.05, 3.63) is 74.8 Å². The molecule has 0 saturated carbocycles. The van der Waals surface area contributed by atoms with Crippen LogP contribution >= 0.6 is 11.3 Å². The molecule has 3 aromatic rings. The average molecular weight is 554 g/mol. The molecule has 7 heteroatoms. The number of aryl methyl sites for hydroxylation is 2. The molecule has 1 aliphatic heterocycles. The first-order chi connectivity index (χ1) is 17.9. The number of aromatic nitrogens is 1. The minimum absolute atomic E-state index is 0.128. The number of rotatable bonds is 8. The van der Waals surface area contributed by atoms with E-state index in [9.17, 15) is 8.42 Å². The van der Waals surface area contributed by atoms with Gasteiger partial charge in [-0.2, -0.15) is 4.31 Å². The van der Waals surface area contributed by atoms with Gasteiger partial charge in [-0.15, -0.1) is 11.3 Å². The summed E-state index contributed by atoms with van der Waals surface area (Å²) in [5.41, 5.74) is 7.98. The minimum Gasteiger partial charge on any atom is -0.345 e. The number of anilines is 1. The van der Waals surface area contributed by atoms with Crippen molar-refractivity contribution in [2.75, 3.05) is 31.1 Å². The number of sulfonamides is 1. The van der Waals surface area contributed by atoms with Gasteiger partial charge in [-0.25, -0.2) is 13.4 Å². The normalized spacial score (nSPS) is 15.3. The maximum absolute atomic E-state index is 14.1. The second-order valence-electron chi connectivity index (χ2n) is 11.7. The highest BCUT2D eigenvalue weighted by Gasteiger charge is 2.34. The van der Waals surface area contributed by atoms with E-state index >= 15 is 0 Å². The largest absolute Gasteiger partial charge is 0.345 e. The maximum atomic E-state index is 14.1. The van der Waals surface area contributed by atoms with E-state index in [-0.39, 0.29) is 11.8 Å². The van der Waals surface area contributed by atoms with Gasteiger partial charge in [-0.3, -0.25) is 0 Å². The van der Waals surface area contributed by atoms with E-state index in [0.717, 1.165) is 28.4 Å².